The summed E-state index contributed by atoms with van der Waals surface area (Å²) in [6.07, 6.45) is 8.80. The molecule has 1 saturated heterocycles. The van der Waals surface area contributed by atoms with E-state index in [1.807, 2.05) is 23.1 Å². The second-order valence-corrected chi connectivity index (χ2v) is 10.7. The van der Waals surface area contributed by atoms with Crippen LogP contribution in [-0.2, 0) is 37.1 Å². The van der Waals surface area contributed by atoms with Gasteiger partial charge in [0.25, 0.3) is 5.56 Å². The van der Waals surface area contributed by atoms with Gasteiger partial charge in [-0.15, -0.1) is 11.3 Å². The standard InChI is InChI=1S/C26H30N4O2S/c31-23(29-15-12-18-8-2-4-10-20(18)29)17-30-22(16-28-13-6-1-7-14-28)27-25-24(26(30)32)19-9-3-5-11-21(19)33-25/h2,4,8,10H,1,3,5-7,9,11-17H2. The van der Waals surface area contributed by atoms with E-state index in [1.54, 1.807) is 15.9 Å². The number of benzene rings is 1. The van der Waals surface area contributed by atoms with Crippen molar-refractivity contribution >= 4 is 33.1 Å². The fraction of sp³-hybridized carbons (Fsp3) is 0.500. The maximum Gasteiger partial charge on any atom is 0.263 e. The van der Waals surface area contributed by atoms with Gasteiger partial charge in [-0.1, -0.05) is 24.6 Å². The number of thiophene rings is 1. The number of amides is 1. The highest BCUT2D eigenvalue weighted by Crippen LogP contribution is 2.34. The number of carbonyl (C=O) groups is 1. The molecule has 0 saturated carbocycles. The van der Waals surface area contributed by atoms with Crippen molar-refractivity contribution in [2.45, 2.75) is 64.5 Å². The predicted octanol–water partition coefficient (Wildman–Crippen LogP) is 3.91. The average Bonchev–Trinajstić information content (AvgIpc) is 3.43. The van der Waals surface area contributed by atoms with E-state index in [4.69, 9.17) is 4.98 Å². The number of likely N-dealkylation sites (tertiary alicyclic amines) is 1. The minimum Gasteiger partial charge on any atom is -0.310 e. The molecule has 1 aliphatic carbocycles. The van der Waals surface area contributed by atoms with E-state index in [0.29, 0.717) is 13.1 Å². The number of aromatic nitrogens is 2. The summed E-state index contributed by atoms with van der Waals surface area (Å²) in [5.74, 6) is 0.723. The number of hydrogen-bond acceptors (Lipinski definition) is 5. The lowest BCUT2D eigenvalue weighted by molar-refractivity contribution is -0.119. The first-order valence-corrected chi connectivity index (χ1v) is 13.2. The summed E-state index contributed by atoms with van der Waals surface area (Å²) in [6, 6.07) is 8.09. The molecule has 0 N–H and O–H groups in total. The van der Waals surface area contributed by atoms with Crippen molar-refractivity contribution in [3.05, 3.63) is 56.4 Å². The number of aryl methyl sites for hydroxylation is 2. The van der Waals surface area contributed by atoms with Crippen molar-refractivity contribution in [2.75, 3.05) is 24.5 Å². The Morgan fingerprint density at radius 2 is 1.79 bits per heavy atom. The minimum absolute atomic E-state index is 0.0211. The van der Waals surface area contributed by atoms with Gasteiger partial charge >= 0.3 is 0 Å². The first kappa shape index (κ1) is 21.1. The number of hydrogen-bond donors (Lipinski definition) is 0. The lowest BCUT2D eigenvalue weighted by atomic mass is 9.97. The molecule has 172 valence electrons. The topological polar surface area (TPSA) is 58.4 Å². The van der Waals surface area contributed by atoms with Crippen molar-refractivity contribution in [3.63, 3.8) is 0 Å². The molecule has 6 nitrogen and oxygen atoms in total. The number of rotatable bonds is 4. The number of piperidine rings is 1. The molecule has 1 amide bonds. The van der Waals surface area contributed by atoms with Crippen LogP contribution in [0.5, 0.6) is 0 Å². The number of para-hydroxylation sites is 1. The zero-order chi connectivity index (χ0) is 22.4. The molecule has 1 fully saturated rings. The summed E-state index contributed by atoms with van der Waals surface area (Å²) in [5, 5.41) is 0.770. The van der Waals surface area contributed by atoms with Crippen LogP contribution in [-0.4, -0.2) is 40.0 Å². The molecule has 0 unspecified atom stereocenters. The zero-order valence-corrected chi connectivity index (χ0v) is 19.8. The summed E-state index contributed by atoms with van der Waals surface area (Å²) >= 11 is 1.70. The average molecular weight is 463 g/mol. The van der Waals surface area contributed by atoms with Gasteiger partial charge < -0.3 is 4.90 Å². The molecular formula is C26H30N4O2S. The number of anilines is 1. The molecule has 7 heteroatoms. The lowest BCUT2D eigenvalue weighted by Gasteiger charge is -2.27. The second-order valence-electron chi connectivity index (χ2n) is 9.57. The number of carbonyl (C=O) groups excluding carboxylic acids is 1. The van der Waals surface area contributed by atoms with Gasteiger partial charge in [0.05, 0.1) is 11.9 Å². The van der Waals surface area contributed by atoms with Gasteiger partial charge in [0.1, 0.15) is 17.2 Å². The van der Waals surface area contributed by atoms with Crippen LogP contribution in [0.2, 0.25) is 0 Å². The van der Waals surface area contributed by atoms with Crippen LogP contribution in [0.15, 0.2) is 29.1 Å². The molecule has 0 radical (unpaired) electrons. The van der Waals surface area contributed by atoms with Gasteiger partial charge in [0.15, 0.2) is 0 Å². The van der Waals surface area contributed by atoms with E-state index < -0.39 is 0 Å². The Morgan fingerprint density at radius 3 is 2.67 bits per heavy atom. The number of nitrogens with zero attached hydrogens (tertiary/aromatic N) is 4. The van der Waals surface area contributed by atoms with Crippen LogP contribution in [0.4, 0.5) is 5.69 Å². The van der Waals surface area contributed by atoms with E-state index >= 15 is 0 Å². The largest absolute Gasteiger partial charge is 0.310 e. The first-order valence-electron chi connectivity index (χ1n) is 12.3. The maximum atomic E-state index is 13.9. The second kappa shape index (κ2) is 8.69. The minimum atomic E-state index is -0.0211. The van der Waals surface area contributed by atoms with Crippen molar-refractivity contribution in [2.24, 2.45) is 0 Å². The van der Waals surface area contributed by atoms with Crippen LogP contribution in [0.25, 0.3) is 10.2 Å². The molecule has 0 atom stereocenters. The fourth-order valence-corrected chi connectivity index (χ4v) is 6.97. The zero-order valence-electron chi connectivity index (χ0n) is 19.0. The molecule has 2 aliphatic heterocycles. The third kappa shape index (κ3) is 3.81. The Bertz CT molecular complexity index is 1270. The van der Waals surface area contributed by atoms with Gasteiger partial charge in [-0.05, 0) is 75.2 Å². The Hall–Kier alpha value is -2.51. The van der Waals surface area contributed by atoms with E-state index in [9.17, 15) is 9.59 Å². The molecular weight excluding hydrogens is 432 g/mol. The molecule has 6 rings (SSSR count). The quantitative estimate of drug-likeness (QED) is 0.590. The van der Waals surface area contributed by atoms with Crippen LogP contribution < -0.4 is 10.5 Å². The van der Waals surface area contributed by atoms with Crippen molar-refractivity contribution < 1.29 is 4.79 Å². The molecule has 3 aliphatic rings. The third-order valence-corrected chi connectivity index (χ3v) is 8.63. The van der Waals surface area contributed by atoms with Crippen LogP contribution in [0.1, 0.15) is 53.9 Å². The van der Waals surface area contributed by atoms with Crippen LogP contribution >= 0.6 is 11.3 Å². The van der Waals surface area contributed by atoms with Crippen LogP contribution in [0.3, 0.4) is 0 Å². The normalized spacial score (nSPS) is 18.5. The van der Waals surface area contributed by atoms with E-state index in [1.165, 1.54) is 41.7 Å². The van der Waals surface area contributed by atoms with Gasteiger partial charge in [-0.3, -0.25) is 19.1 Å². The molecule has 1 aromatic carbocycles. The smallest absolute Gasteiger partial charge is 0.263 e. The molecule has 0 bridgehead atoms. The Labute approximate surface area is 197 Å². The first-order chi connectivity index (χ1) is 16.2. The summed E-state index contributed by atoms with van der Waals surface area (Å²) in [7, 11) is 0. The molecule has 2 aromatic heterocycles. The highest BCUT2D eigenvalue weighted by molar-refractivity contribution is 7.18. The monoisotopic (exact) mass is 462 g/mol. The fourth-order valence-electron chi connectivity index (χ4n) is 5.70. The maximum absolute atomic E-state index is 13.9. The highest BCUT2D eigenvalue weighted by atomic mass is 32.1. The third-order valence-electron chi connectivity index (χ3n) is 7.45. The molecule has 0 spiro atoms. The van der Waals surface area contributed by atoms with Gasteiger partial charge in [0, 0.05) is 17.1 Å². The lowest BCUT2D eigenvalue weighted by Crippen LogP contribution is -2.39. The Balaban J connectivity index is 1.40. The SMILES string of the molecule is O=C(Cn1c(CN2CCCCC2)nc2sc3c(c2c1=O)CCCC3)N1CCc2ccccc21. The van der Waals surface area contributed by atoms with E-state index in [2.05, 4.69) is 11.0 Å². The Morgan fingerprint density at radius 1 is 0.970 bits per heavy atom. The van der Waals surface area contributed by atoms with Gasteiger partial charge in [-0.25, -0.2) is 4.98 Å². The van der Waals surface area contributed by atoms with Crippen molar-refractivity contribution in [1.29, 1.82) is 0 Å². The van der Waals surface area contributed by atoms with Crippen molar-refractivity contribution in [1.82, 2.24) is 14.5 Å². The van der Waals surface area contributed by atoms with Gasteiger partial charge in [0.2, 0.25) is 5.91 Å². The Kier molecular flexibility index (Phi) is 5.54. The predicted molar refractivity (Wildman–Crippen MR) is 132 cm³/mol. The summed E-state index contributed by atoms with van der Waals surface area (Å²) < 4.78 is 1.70. The number of fused-ring (bicyclic) bond motifs is 4. The van der Waals surface area contributed by atoms with Crippen LogP contribution in [0, 0.1) is 0 Å². The summed E-state index contributed by atoms with van der Waals surface area (Å²) in [5.41, 5.74) is 3.35. The molecule has 3 aromatic rings. The molecule has 33 heavy (non-hydrogen) atoms. The van der Waals surface area contributed by atoms with Gasteiger partial charge in [-0.2, -0.15) is 0 Å². The van der Waals surface area contributed by atoms with Crippen molar-refractivity contribution in [3.8, 4) is 0 Å². The highest BCUT2D eigenvalue weighted by Gasteiger charge is 2.28. The summed E-state index contributed by atoms with van der Waals surface area (Å²) in [4.78, 5) is 38.8. The summed E-state index contributed by atoms with van der Waals surface area (Å²) in [6.45, 7) is 3.43. The van der Waals surface area contributed by atoms with E-state index in [-0.39, 0.29) is 18.0 Å². The molecule has 4 heterocycles. The van der Waals surface area contributed by atoms with E-state index in [0.717, 1.165) is 60.5 Å².